The summed E-state index contributed by atoms with van der Waals surface area (Å²) >= 11 is 0. The van der Waals surface area contributed by atoms with Gasteiger partial charge in [0.25, 0.3) is 11.8 Å². The lowest BCUT2D eigenvalue weighted by molar-refractivity contribution is -0.149. The summed E-state index contributed by atoms with van der Waals surface area (Å²) in [6.45, 7) is 3.10. The van der Waals surface area contributed by atoms with Crippen LogP contribution in [0.25, 0.3) is 22.0 Å². The summed E-state index contributed by atoms with van der Waals surface area (Å²) < 4.78 is 38.6. The third-order valence-electron chi connectivity index (χ3n) is 8.85. The largest absolute Gasteiger partial charge is 0.408 e. The van der Waals surface area contributed by atoms with E-state index in [1.54, 1.807) is 37.4 Å². The lowest BCUT2D eigenvalue weighted by Gasteiger charge is -2.32. The standard InChI is InChI=1S/C34H38F3N7O3.ClH/c1-19-27(13-14-29(41-19)31(45)42-20(2)34(35,36)37)23-7-3-21(4-8-23)15-28(39)33(47)44(26-12-11-25-18-40-43-30(25)16-26)32(46)24-9-5-22(17-38)6-10-24;/h3-4,7-8,11-14,16,18,20,22,24,28H,5-6,9-10,15,17,38-39H2,1-2H3,(H,40,43)(H,42,45);1H/t20?,22?,24?,28-;/m0./s1. The minimum atomic E-state index is -4.56. The highest BCUT2D eigenvalue weighted by atomic mass is 35.5. The molecule has 1 aliphatic carbocycles. The first kappa shape index (κ1) is 36.5. The van der Waals surface area contributed by atoms with Crippen molar-refractivity contribution < 1.29 is 27.6 Å². The number of pyridine rings is 1. The molecular weight excluding hydrogens is 647 g/mol. The molecule has 2 atom stereocenters. The van der Waals surface area contributed by atoms with Crippen molar-refractivity contribution in [1.29, 1.82) is 0 Å². The van der Waals surface area contributed by atoms with Crippen LogP contribution in [0.3, 0.4) is 0 Å². The number of imide groups is 1. The fourth-order valence-corrected chi connectivity index (χ4v) is 5.93. The van der Waals surface area contributed by atoms with Crippen molar-refractivity contribution in [3.05, 3.63) is 77.7 Å². The van der Waals surface area contributed by atoms with Gasteiger partial charge in [0.2, 0.25) is 5.91 Å². The number of H-pyrrole nitrogens is 1. The Morgan fingerprint density at radius 3 is 2.35 bits per heavy atom. The summed E-state index contributed by atoms with van der Waals surface area (Å²) in [5, 5.41) is 9.69. The molecule has 2 aromatic heterocycles. The molecule has 1 fully saturated rings. The van der Waals surface area contributed by atoms with Gasteiger partial charge in [0, 0.05) is 22.6 Å². The van der Waals surface area contributed by atoms with Crippen molar-refractivity contribution in [2.24, 2.45) is 23.3 Å². The van der Waals surface area contributed by atoms with Crippen molar-refractivity contribution in [3.8, 4) is 11.1 Å². The Hall–Kier alpha value is -4.33. The normalized spacial score (nSPS) is 17.6. The molecule has 2 heterocycles. The number of aromatic nitrogens is 3. The highest BCUT2D eigenvalue weighted by molar-refractivity contribution is 6.17. The third kappa shape index (κ3) is 8.20. The van der Waals surface area contributed by atoms with Crippen LogP contribution in [0.5, 0.6) is 0 Å². The van der Waals surface area contributed by atoms with Crippen LogP contribution in [0, 0.1) is 18.8 Å². The number of halogens is 4. The topological polar surface area (TPSA) is 160 Å². The second kappa shape index (κ2) is 15.3. The van der Waals surface area contributed by atoms with Crippen molar-refractivity contribution in [2.45, 2.75) is 64.2 Å². The number of amides is 3. The number of nitrogens with one attached hydrogen (secondary N) is 2. The Balaban J connectivity index is 0.00000520. The van der Waals surface area contributed by atoms with E-state index in [-0.39, 0.29) is 36.3 Å². The second-order valence-corrected chi connectivity index (χ2v) is 12.2. The van der Waals surface area contributed by atoms with Gasteiger partial charge in [0.1, 0.15) is 11.7 Å². The summed E-state index contributed by atoms with van der Waals surface area (Å²) in [5.41, 5.74) is 16.0. The average molecular weight is 686 g/mol. The van der Waals surface area contributed by atoms with Crippen LogP contribution in [0.15, 0.2) is 60.8 Å². The van der Waals surface area contributed by atoms with Crippen molar-refractivity contribution in [1.82, 2.24) is 20.5 Å². The van der Waals surface area contributed by atoms with E-state index >= 15 is 0 Å². The monoisotopic (exact) mass is 685 g/mol. The zero-order valence-corrected chi connectivity index (χ0v) is 27.4. The Kier molecular flexibility index (Phi) is 11.6. The van der Waals surface area contributed by atoms with Crippen molar-refractivity contribution in [2.75, 3.05) is 11.4 Å². The highest BCUT2D eigenvalue weighted by Crippen LogP contribution is 2.32. The van der Waals surface area contributed by atoms with Gasteiger partial charge in [-0.05, 0) is 93.8 Å². The van der Waals surface area contributed by atoms with Gasteiger partial charge in [-0.15, -0.1) is 12.4 Å². The first-order valence-corrected chi connectivity index (χ1v) is 15.6. The molecular formula is C34H39ClF3N7O3. The minimum absolute atomic E-state index is 0. The van der Waals surface area contributed by atoms with Crippen LogP contribution in [0.4, 0.5) is 18.9 Å². The van der Waals surface area contributed by atoms with E-state index in [1.165, 1.54) is 11.0 Å². The fourth-order valence-electron chi connectivity index (χ4n) is 5.93. The number of fused-ring (bicyclic) bond motifs is 1. The molecule has 6 N–H and O–H groups in total. The lowest BCUT2D eigenvalue weighted by atomic mass is 9.81. The quantitative estimate of drug-likeness (QED) is 0.188. The summed E-state index contributed by atoms with van der Waals surface area (Å²) in [6, 6.07) is 12.5. The molecule has 256 valence electrons. The van der Waals surface area contributed by atoms with Gasteiger partial charge in [-0.2, -0.15) is 18.3 Å². The average Bonchev–Trinajstić information content (AvgIpc) is 3.53. The van der Waals surface area contributed by atoms with Gasteiger partial charge in [0.05, 0.1) is 23.4 Å². The number of hydrogen-bond acceptors (Lipinski definition) is 7. The maximum absolute atomic E-state index is 13.9. The number of alkyl halides is 3. The number of anilines is 1. The molecule has 1 unspecified atom stereocenters. The number of aromatic amines is 1. The summed E-state index contributed by atoms with van der Waals surface area (Å²) in [4.78, 5) is 45.5. The van der Waals surface area contributed by atoms with E-state index in [1.807, 2.05) is 29.6 Å². The number of nitrogens with zero attached hydrogens (tertiary/aromatic N) is 3. The first-order chi connectivity index (χ1) is 22.3. The van der Waals surface area contributed by atoms with Crippen LogP contribution in [-0.2, 0) is 16.0 Å². The number of carbonyl (C=O) groups is 3. The highest BCUT2D eigenvalue weighted by Gasteiger charge is 2.37. The van der Waals surface area contributed by atoms with Gasteiger partial charge < -0.3 is 16.8 Å². The Morgan fingerprint density at radius 1 is 1.04 bits per heavy atom. The molecule has 3 amide bonds. The van der Waals surface area contributed by atoms with E-state index < -0.39 is 30.1 Å². The minimum Gasteiger partial charge on any atom is -0.339 e. The number of carbonyl (C=O) groups excluding carboxylic acids is 3. The Morgan fingerprint density at radius 2 is 1.73 bits per heavy atom. The zero-order valence-electron chi connectivity index (χ0n) is 26.6. The summed E-state index contributed by atoms with van der Waals surface area (Å²) in [7, 11) is 0. The zero-order chi connectivity index (χ0) is 33.9. The van der Waals surface area contributed by atoms with Crippen LogP contribution < -0.4 is 21.7 Å². The molecule has 0 aliphatic heterocycles. The molecule has 14 heteroatoms. The van der Waals surface area contributed by atoms with Gasteiger partial charge in [0.15, 0.2) is 0 Å². The van der Waals surface area contributed by atoms with Crippen LogP contribution in [0.1, 0.15) is 54.4 Å². The van der Waals surface area contributed by atoms with Crippen LogP contribution in [-0.4, -0.2) is 57.7 Å². The molecule has 0 spiro atoms. The third-order valence-corrected chi connectivity index (χ3v) is 8.85. The Labute approximate surface area is 282 Å². The molecule has 0 bridgehead atoms. The van der Waals surface area contributed by atoms with Gasteiger partial charge in [-0.1, -0.05) is 30.3 Å². The number of nitrogens with two attached hydrogens (primary N) is 2. The molecule has 1 aliphatic rings. The first-order valence-electron chi connectivity index (χ1n) is 15.6. The molecule has 1 saturated carbocycles. The number of hydrogen-bond donors (Lipinski definition) is 4. The maximum atomic E-state index is 13.9. The summed E-state index contributed by atoms with van der Waals surface area (Å²) in [5.74, 6) is -1.64. The van der Waals surface area contributed by atoms with Crippen molar-refractivity contribution in [3.63, 3.8) is 0 Å². The maximum Gasteiger partial charge on any atom is 0.408 e. The smallest absolute Gasteiger partial charge is 0.339 e. The predicted octanol–water partition coefficient (Wildman–Crippen LogP) is 5.23. The molecule has 4 aromatic rings. The van der Waals surface area contributed by atoms with E-state index in [0.717, 1.165) is 36.3 Å². The van der Waals surface area contributed by atoms with Crippen molar-refractivity contribution >= 4 is 46.7 Å². The summed E-state index contributed by atoms with van der Waals surface area (Å²) in [6.07, 6.45) is 0.234. The second-order valence-electron chi connectivity index (χ2n) is 12.2. The Bertz CT molecular complexity index is 1750. The molecule has 2 aromatic carbocycles. The van der Waals surface area contributed by atoms with Gasteiger partial charge in [-0.25, -0.2) is 9.88 Å². The molecule has 10 nitrogen and oxygen atoms in total. The number of rotatable bonds is 9. The fraction of sp³-hybridized carbons (Fsp3) is 0.382. The molecule has 48 heavy (non-hydrogen) atoms. The van der Waals surface area contributed by atoms with Gasteiger partial charge in [-0.3, -0.25) is 19.5 Å². The number of aryl methyl sites for hydroxylation is 1. The molecule has 0 saturated heterocycles. The molecule has 5 rings (SSSR count). The van der Waals surface area contributed by atoms with E-state index in [2.05, 4.69) is 15.2 Å². The SMILES string of the molecule is Cc1nc(C(=O)NC(C)C(F)(F)F)ccc1-c1ccc(C[C@H](N)C(=O)N(C(=O)C2CCC(CN)CC2)c2ccc3cn[nH]c3c2)cc1.Cl. The van der Waals surface area contributed by atoms with Crippen LogP contribution in [0.2, 0.25) is 0 Å². The van der Waals surface area contributed by atoms with E-state index in [9.17, 15) is 27.6 Å². The van der Waals surface area contributed by atoms with Gasteiger partial charge >= 0.3 is 6.18 Å². The predicted molar refractivity (Wildman–Crippen MR) is 179 cm³/mol. The number of benzene rings is 2. The van der Waals surface area contributed by atoms with E-state index in [4.69, 9.17) is 11.5 Å². The van der Waals surface area contributed by atoms with E-state index in [0.29, 0.717) is 47.8 Å². The molecule has 0 radical (unpaired) electrons. The van der Waals surface area contributed by atoms with Crippen LogP contribution >= 0.6 is 12.4 Å². The lowest BCUT2D eigenvalue weighted by Crippen LogP contribution is -2.50.